The van der Waals surface area contributed by atoms with Gasteiger partial charge in [0.15, 0.2) is 6.04 Å². The molecule has 33 heavy (non-hydrogen) atoms. The zero-order chi connectivity index (χ0) is 25.7. The lowest BCUT2D eigenvalue weighted by Crippen LogP contribution is -2.59. The molecule has 0 aromatic rings. The summed E-state index contributed by atoms with van der Waals surface area (Å²) < 4.78 is 0. The van der Waals surface area contributed by atoms with Crippen molar-refractivity contribution in [2.24, 2.45) is 23.1 Å². The van der Waals surface area contributed by atoms with Gasteiger partial charge in [-0.25, -0.2) is 4.79 Å². The Morgan fingerprint density at radius 3 is 1.88 bits per heavy atom. The molecule has 5 atom stereocenters. The minimum atomic E-state index is -1.56. The van der Waals surface area contributed by atoms with Gasteiger partial charge in [-0.1, -0.05) is 13.8 Å². The molecule has 13 heteroatoms. The molecule has 0 aliphatic rings. The van der Waals surface area contributed by atoms with Crippen LogP contribution in [-0.4, -0.2) is 76.6 Å². The number of nitrogens with two attached hydrogens (primary N) is 3. The summed E-state index contributed by atoms with van der Waals surface area (Å²) in [5.41, 5.74) is 16.3. The van der Waals surface area contributed by atoms with E-state index in [1.54, 1.807) is 13.8 Å². The number of unbranched alkanes of at least 4 members (excludes halogenated alkanes) is 1. The normalized spacial score (nSPS) is 15.6. The number of aliphatic carboxylic acids is 1. The molecule has 0 fully saturated rings. The minimum Gasteiger partial charge on any atom is -0.480 e. The standard InChI is InChI=1S/C20H38N6O7/c1-10(2)15(19(31)26-16(11(3)27)20(32)33)25-18(30)13(6-4-5-9-21)24-17(29)12(22)7-8-14(23)28/h10-13,15-16,27H,4-9,21-22H2,1-3H3,(H2,23,28)(H,24,29)(H,25,30)(H,26,31)(H,32,33). The lowest BCUT2D eigenvalue weighted by atomic mass is 10.0. The third kappa shape index (κ3) is 11.6. The first-order valence-corrected chi connectivity index (χ1v) is 10.9. The Kier molecular flexibility index (Phi) is 13.9. The van der Waals surface area contributed by atoms with E-state index in [0.717, 1.165) is 0 Å². The van der Waals surface area contributed by atoms with Crippen molar-refractivity contribution in [3.05, 3.63) is 0 Å². The Morgan fingerprint density at radius 2 is 1.42 bits per heavy atom. The molecule has 0 saturated heterocycles. The molecule has 0 bridgehead atoms. The monoisotopic (exact) mass is 474 g/mol. The first-order chi connectivity index (χ1) is 15.3. The largest absolute Gasteiger partial charge is 0.480 e. The summed E-state index contributed by atoms with van der Waals surface area (Å²) in [4.78, 5) is 60.1. The van der Waals surface area contributed by atoms with E-state index in [0.29, 0.717) is 19.4 Å². The number of carbonyl (C=O) groups is 5. The Hall–Kier alpha value is -2.77. The van der Waals surface area contributed by atoms with Gasteiger partial charge in [0.05, 0.1) is 12.1 Å². The molecular formula is C20H38N6O7. The zero-order valence-corrected chi connectivity index (χ0v) is 19.4. The van der Waals surface area contributed by atoms with E-state index >= 15 is 0 Å². The van der Waals surface area contributed by atoms with Crippen LogP contribution >= 0.6 is 0 Å². The highest BCUT2D eigenvalue weighted by atomic mass is 16.4. The summed E-state index contributed by atoms with van der Waals surface area (Å²) in [7, 11) is 0. The molecule has 11 N–H and O–H groups in total. The molecular weight excluding hydrogens is 436 g/mol. The molecule has 0 radical (unpaired) electrons. The van der Waals surface area contributed by atoms with Crippen LogP contribution in [0.2, 0.25) is 0 Å². The fraction of sp³-hybridized carbons (Fsp3) is 0.750. The highest BCUT2D eigenvalue weighted by Crippen LogP contribution is 2.08. The van der Waals surface area contributed by atoms with Crippen LogP contribution in [0.25, 0.3) is 0 Å². The molecule has 0 aromatic carbocycles. The summed E-state index contributed by atoms with van der Waals surface area (Å²) in [6.45, 7) is 4.88. The second-order valence-corrected chi connectivity index (χ2v) is 8.25. The average molecular weight is 475 g/mol. The smallest absolute Gasteiger partial charge is 0.328 e. The third-order valence-corrected chi connectivity index (χ3v) is 4.91. The van der Waals surface area contributed by atoms with Crippen LogP contribution in [-0.2, 0) is 24.0 Å². The number of carboxylic acids is 1. The molecule has 13 nitrogen and oxygen atoms in total. The van der Waals surface area contributed by atoms with E-state index in [1.807, 2.05) is 0 Å². The Bertz CT molecular complexity index is 686. The molecule has 0 saturated carbocycles. The van der Waals surface area contributed by atoms with Crippen LogP contribution in [0.3, 0.4) is 0 Å². The van der Waals surface area contributed by atoms with Crippen molar-refractivity contribution in [3.63, 3.8) is 0 Å². The number of primary amides is 1. The predicted molar refractivity (Wildman–Crippen MR) is 119 cm³/mol. The molecule has 0 spiro atoms. The van der Waals surface area contributed by atoms with E-state index in [1.165, 1.54) is 6.92 Å². The maximum atomic E-state index is 12.9. The van der Waals surface area contributed by atoms with Gasteiger partial charge in [-0.05, 0) is 45.1 Å². The molecule has 0 aliphatic heterocycles. The lowest BCUT2D eigenvalue weighted by Gasteiger charge is -2.27. The summed E-state index contributed by atoms with van der Waals surface area (Å²) in [6.07, 6.45) is -0.133. The fourth-order valence-corrected chi connectivity index (χ4v) is 2.89. The molecule has 4 amide bonds. The highest BCUT2D eigenvalue weighted by Gasteiger charge is 2.33. The maximum Gasteiger partial charge on any atom is 0.328 e. The van der Waals surface area contributed by atoms with E-state index in [9.17, 15) is 34.2 Å². The van der Waals surface area contributed by atoms with Crippen molar-refractivity contribution in [3.8, 4) is 0 Å². The molecule has 0 aromatic heterocycles. The van der Waals surface area contributed by atoms with E-state index < -0.39 is 65.8 Å². The first kappa shape index (κ1) is 30.2. The van der Waals surface area contributed by atoms with Crippen LogP contribution in [0.1, 0.15) is 52.9 Å². The Morgan fingerprint density at radius 1 is 0.848 bits per heavy atom. The van der Waals surface area contributed by atoms with Crippen molar-refractivity contribution in [1.82, 2.24) is 16.0 Å². The van der Waals surface area contributed by atoms with Gasteiger partial charge in [-0.15, -0.1) is 0 Å². The Labute approximate surface area is 193 Å². The van der Waals surface area contributed by atoms with Crippen molar-refractivity contribution in [2.75, 3.05) is 6.54 Å². The van der Waals surface area contributed by atoms with Crippen LogP contribution in [0.5, 0.6) is 0 Å². The molecule has 0 aliphatic carbocycles. The topological polar surface area (TPSA) is 240 Å². The summed E-state index contributed by atoms with van der Waals surface area (Å²) >= 11 is 0. The lowest BCUT2D eigenvalue weighted by molar-refractivity contribution is -0.145. The third-order valence-electron chi connectivity index (χ3n) is 4.91. The van der Waals surface area contributed by atoms with Gasteiger partial charge in [-0.2, -0.15) is 0 Å². The maximum absolute atomic E-state index is 12.9. The van der Waals surface area contributed by atoms with Crippen molar-refractivity contribution in [1.29, 1.82) is 0 Å². The van der Waals surface area contributed by atoms with E-state index in [2.05, 4.69) is 16.0 Å². The number of carboxylic acid groups (broad SMARTS) is 1. The van der Waals surface area contributed by atoms with Gasteiger partial charge in [0.2, 0.25) is 23.6 Å². The zero-order valence-electron chi connectivity index (χ0n) is 19.4. The van der Waals surface area contributed by atoms with Crippen LogP contribution in [0.4, 0.5) is 0 Å². The second kappa shape index (κ2) is 15.1. The molecule has 0 heterocycles. The first-order valence-electron chi connectivity index (χ1n) is 10.9. The van der Waals surface area contributed by atoms with Crippen molar-refractivity contribution < 1.29 is 34.2 Å². The average Bonchev–Trinajstić information content (AvgIpc) is 2.72. The number of carbonyl (C=O) groups excluding carboxylic acids is 4. The molecule has 190 valence electrons. The van der Waals surface area contributed by atoms with Crippen LogP contribution < -0.4 is 33.2 Å². The van der Waals surface area contributed by atoms with Crippen LogP contribution in [0, 0.1) is 5.92 Å². The SMILES string of the molecule is CC(C)C(NC(=O)C(CCCCN)NC(=O)C(N)CCC(N)=O)C(=O)NC(C(=O)O)C(C)O. The molecule has 5 unspecified atom stereocenters. The highest BCUT2D eigenvalue weighted by molar-refractivity contribution is 5.94. The van der Waals surface area contributed by atoms with Gasteiger partial charge in [0, 0.05) is 6.42 Å². The van der Waals surface area contributed by atoms with E-state index in [-0.39, 0.29) is 19.3 Å². The van der Waals surface area contributed by atoms with Gasteiger partial charge < -0.3 is 43.4 Å². The number of aliphatic hydroxyl groups is 1. The van der Waals surface area contributed by atoms with Gasteiger partial charge >= 0.3 is 5.97 Å². The van der Waals surface area contributed by atoms with Crippen LogP contribution in [0.15, 0.2) is 0 Å². The molecule has 0 rings (SSSR count). The van der Waals surface area contributed by atoms with Crippen molar-refractivity contribution in [2.45, 2.75) is 83.1 Å². The quantitative estimate of drug-likeness (QED) is 0.108. The summed E-state index contributed by atoms with van der Waals surface area (Å²) in [5, 5.41) is 26.0. The summed E-state index contributed by atoms with van der Waals surface area (Å²) in [5.74, 6) is -4.59. The number of rotatable bonds is 16. The second-order valence-electron chi connectivity index (χ2n) is 8.25. The number of nitrogens with one attached hydrogen (secondary N) is 3. The van der Waals surface area contributed by atoms with Crippen molar-refractivity contribution >= 4 is 29.6 Å². The number of hydrogen-bond donors (Lipinski definition) is 8. The number of hydrogen-bond acceptors (Lipinski definition) is 8. The Balaban J connectivity index is 5.40. The number of aliphatic hydroxyl groups excluding tert-OH is 1. The minimum absolute atomic E-state index is 0.00521. The number of amides is 4. The summed E-state index contributed by atoms with van der Waals surface area (Å²) in [6, 6.07) is -4.78. The van der Waals surface area contributed by atoms with Gasteiger partial charge in [0.25, 0.3) is 0 Å². The van der Waals surface area contributed by atoms with Gasteiger partial charge in [-0.3, -0.25) is 19.2 Å². The fourth-order valence-electron chi connectivity index (χ4n) is 2.89. The van der Waals surface area contributed by atoms with E-state index in [4.69, 9.17) is 17.2 Å². The van der Waals surface area contributed by atoms with Gasteiger partial charge in [0.1, 0.15) is 12.1 Å². The predicted octanol–water partition coefficient (Wildman–Crippen LogP) is -2.72.